The predicted octanol–water partition coefficient (Wildman–Crippen LogP) is 6.43. The SMILES string of the molecule is Cc1c(Nc2c(C#N)cnc3scc(-c4cccc(CN(C)C)c4)c23)ccc2[nH]ccc12. The highest BCUT2D eigenvalue weighted by Crippen LogP contribution is 2.41. The van der Waals surface area contributed by atoms with Crippen molar-refractivity contribution in [2.75, 3.05) is 19.4 Å². The molecule has 0 radical (unpaired) electrons. The minimum Gasteiger partial charge on any atom is -0.361 e. The predicted molar refractivity (Wildman–Crippen MR) is 133 cm³/mol. The van der Waals surface area contributed by atoms with E-state index in [9.17, 15) is 5.26 Å². The van der Waals surface area contributed by atoms with E-state index in [1.807, 2.05) is 6.20 Å². The Labute approximate surface area is 191 Å². The van der Waals surface area contributed by atoms with Crippen molar-refractivity contribution in [2.24, 2.45) is 0 Å². The summed E-state index contributed by atoms with van der Waals surface area (Å²) in [6, 6.07) is 17.1. The number of nitrogens with one attached hydrogen (secondary N) is 2. The molecule has 0 saturated carbocycles. The number of fused-ring (bicyclic) bond motifs is 2. The average molecular weight is 438 g/mol. The van der Waals surface area contributed by atoms with Crippen molar-refractivity contribution in [1.29, 1.82) is 5.26 Å². The smallest absolute Gasteiger partial charge is 0.126 e. The van der Waals surface area contributed by atoms with Gasteiger partial charge in [-0.15, -0.1) is 11.3 Å². The molecular weight excluding hydrogens is 414 g/mol. The number of anilines is 2. The Morgan fingerprint density at radius 3 is 2.88 bits per heavy atom. The van der Waals surface area contributed by atoms with E-state index in [0.29, 0.717) is 5.56 Å². The minimum absolute atomic E-state index is 0.537. The molecule has 0 saturated heterocycles. The Morgan fingerprint density at radius 1 is 1.19 bits per heavy atom. The van der Waals surface area contributed by atoms with E-state index >= 15 is 0 Å². The largest absolute Gasteiger partial charge is 0.361 e. The van der Waals surface area contributed by atoms with Crippen LogP contribution >= 0.6 is 11.3 Å². The number of hydrogen-bond donors (Lipinski definition) is 2. The first-order valence-electron chi connectivity index (χ1n) is 10.4. The van der Waals surface area contributed by atoms with Crippen LogP contribution < -0.4 is 5.32 Å². The lowest BCUT2D eigenvalue weighted by Gasteiger charge is -2.15. The molecule has 0 aliphatic carbocycles. The summed E-state index contributed by atoms with van der Waals surface area (Å²) in [4.78, 5) is 10.9. The van der Waals surface area contributed by atoms with E-state index in [-0.39, 0.29) is 0 Å². The van der Waals surface area contributed by atoms with Crippen molar-refractivity contribution in [3.63, 3.8) is 0 Å². The fourth-order valence-electron chi connectivity index (χ4n) is 4.19. The molecule has 0 atom stereocenters. The van der Waals surface area contributed by atoms with Crippen LogP contribution in [0.4, 0.5) is 11.4 Å². The van der Waals surface area contributed by atoms with E-state index in [0.717, 1.165) is 50.3 Å². The Morgan fingerprint density at radius 2 is 2.06 bits per heavy atom. The molecule has 0 unspecified atom stereocenters. The molecule has 3 aromatic heterocycles. The Bertz CT molecular complexity index is 1490. The number of thiophene rings is 1. The fourth-order valence-corrected chi connectivity index (χ4v) is 5.12. The second-order valence-corrected chi connectivity index (χ2v) is 9.09. The van der Waals surface area contributed by atoms with E-state index in [1.54, 1.807) is 17.5 Å². The summed E-state index contributed by atoms with van der Waals surface area (Å²) >= 11 is 1.60. The van der Waals surface area contributed by atoms with Crippen LogP contribution in [0.25, 0.3) is 32.2 Å². The second-order valence-electron chi connectivity index (χ2n) is 8.23. The average Bonchev–Trinajstić information content (AvgIpc) is 3.43. The number of pyridine rings is 1. The quantitative estimate of drug-likeness (QED) is 0.332. The van der Waals surface area contributed by atoms with Gasteiger partial charge < -0.3 is 15.2 Å². The summed E-state index contributed by atoms with van der Waals surface area (Å²) in [6.07, 6.45) is 3.61. The monoisotopic (exact) mass is 437 g/mol. The maximum atomic E-state index is 9.87. The summed E-state index contributed by atoms with van der Waals surface area (Å²) < 4.78 is 0. The van der Waals surface area contributed by atoms with Gasteiger partial charge in [-0.3, -0.25) is 0 Å². The molecule has 0 amide bonds. The number of aromatic nitrogens is 2. The van der Waals surface area contributed by atoms with Crippen LogP contribution in [-0.2, 0) is 6.54 Å². The fraction of sp³-hybridized carbons (Fsp3) is 0.154. The number of aryl methyl sites for hydroxylation is 1. The molecule has 32 heavy (non-hydrogen) atoms. The Kier molecular flexibility index (Phi) is 5.14. The molecule has 0 fully saturated rings. The molecule has 5 rings (SSSR count). The highest BCUT2D eigenvalue weighted by Gasteiger charge is 2.17. The van der Waals surface area contributed by atoms with Gasteiger partial charge in [-0.1, -0.05) is 18.2 Å². The first-order chi connectivity index (χ1) is 15.5. The number of nitrogens with zero attached hydrogens (tertiary/aromatic N) is 3. The third-order valence-electron chi connectivity index (χ3n) is 5.72. The molecule has 2 N–H and O–H groups in total. The van der Waals surface area contributed by atoms with Crippen LogP contribution in [0.1, 0.15) is 16.7 Å². The molecule has 0 aliphatic heterocycles. The van der Waals surface area contributed by atoms with Crippen LogP contribution in [-0.4, -0.2) is 29.0 Å². The van der Waals surface area contributed by atoms with Crippen molar-refractivity contribution < 1.29 is 0 Å². The third kappa shape index (κ3) is 3.52. The lowest BCUT2D eigenvalue weighted by Crippen LogP contribution is -2.10. The van der Waals surface area contributed by atoms with Crippen LogP contribution in [0.5, 0.6) is 0 Å². The van der Waals surface area contributed by atoms with Gasteiger partial charge >= 0.3 is 0 Å². The van der Waals surface area contributed by atoms with Crippen LogP contribution in [0.15, 0.2) is 60.2 Å². The normalized spacial score (nSPS) is 11.3. The first-order valence-corrected chi connectivity index (χ1v) is 11.3. The van der Waals surface area contributed by atoms with Crippen molar-refractivity contribution in [2.45, 2.75) is 13.5 Å². The van der Waals surface area contributed by atoms with Gasteiger partial charge in [-0.2, -0.15) is 5.26 Å². The summed E-state index contributed by atoms with van der Waals surface area (Å²) in [5, 5.41) is 17.7. The van der Waals surface area contributed by atoms with Gasteiger partial charge in [0, 0.05) is 51.9 Å². The van der Waals surface area contributed by atoms with Gasteiger partial charge in [0.05, 0.1) is 11.3 Å². The van der Waals surface area contributed by atoms with Crippen molar-refractivity contribution >= 4 is 43.8 Å². The zero-order valence-corrected chi connectivity index (χ0v) is 19.0. The number of aromatic amines is 1. The maximum absolute atomic E-state index is 9.87. The van der Waals surface area contributed by atoms with Gasteiger partial charge in [0.25, 0.3) is 0 Å². The molecule has 3 heterocycles. The van der Waals surface area contributed by atoms with E-state index < -0.39 is 0 Å². The molecule has 5 nitrogen and oxygen atoms in total. The second kappa shape index (κ2) is 8.12. The first kappa shape index (κ1) is 20.3. The summed E-state index contributed by atoms with van der Waals surface area (Å²) in [5.74, 6) is 0. The highest BCUT2D eigenvalue weighted by atomic mass is 32.1. The van der Waals surface area contributed by atoms with E-state index in [2.05, 4.69) is 95.1 Å². The number of H-pyrrole nitrogens is 1. The maximum Gasteiger partial charge on any atom is 0.126 e. The summed E-state index contributed by atoms with van der Waals surface area (Å²) in [7, 11) is 4.14. The molecule has 5 aromatic rings. The molecule has 2 aromatic carbocycles. The van der Waals surface area contributed by atoms with Gasteiger partial charge in [-0.05, 0) is 62.0 Å². The lowest BCUT2D eigenvalue weighted by molar-refractivity contribution is 0.402. The lowest BCUT2D eigenvalue weighted by atomic mass is 10.0. The standard InChI is InChI=1S/C26H23N5S/c1-16-20-9-10-28-23(20)8-7-22(16)30-25-19(12-27)13-29-26-24(25)21(15-32-26)18-6-4-5-17(11-18)14-31(2)3/h4-11,13,15,28H,14H2,1-3H3,(H,29,30). The zero-order valence-electron chi connectivity index (χ0n) is 18.2. The van der Waals surface area contributed by atoms with E-state index in [1.165, 1.54) is 10.9 Å². The van der Waals surface area contributed by atoms with Gasteiger partial charge in [0.15, 0.2) is 0 Å². The third-order valence-corrected chi connectivity index (χ3v) is 6.61. The van der Waals surface area contributed by atoms with Crippen LogP contribution in [0.2, 0.25) is 0 Å². The van der Waals surface area contributed by atoms with Gasteiger partial charge in [-0.25, -0.2) is 4.98 Å². The van der Waals surface area contributed by atoms with Crippen molar-refractivity contribution in [1.82, 2.24) is 14.9 Å². The number of benzene rings is 2. The van der Waals surface area contributed by atoms with Crippen molar-refractivity contribution in [3.8, 4) is 17.2 Å². The summed E-state index contributed by atoms with van der Waals surface area (Å²) in [6.45, 7) is 2.97. The Hall–Kier alpha value is -3.66. The number of rotatable bonds is 5. The molecule has 0 spiro atoms. The number of nitriles is 1. The zero-order chi connectivity index (χ0) is 22.2. The Balaban J connectivity index is 1.68. The molecule has 158 valence electrons. The summed E-state index contributed by atoms with van der Waals surface area (Å²) in [5.41, 5.74) is 8.05. The molecule has 0 aliphatic rings. The van der Waals surface area contributed by atoms with Crippen molar-refractivity contribution in [3.05, 3.63) is 76.9 Å². The van der Waals surface area contributed by atoms with Crippen LogP contribution in [0.3, 0.4) is 0 Å². The minimum atomic E-state index is 0.537. The number of hydrogen-bond acceptors (Lipinski definition) is 5. The highest BCUT2D eigenvalue weighted by molar-refractivity contribution is 7.17. The molecular formula is C26H23N5S. The van der Waals surface area contributed by atoms with Gasteiger partial charge in [0.2, 0.25) is 0 Å². The van der Waals surface area contributed by atoms with E-state index in [4.69, 9.17) is 0 Å². The van der Waals surface area contributed by atoms with Crippen LogP contribution in [0, 0.1) is 18.3 Å². The van der Waals surface area contributed by atoms with Gasteiger partial charge in [0.1, 0.15) is 10.9 Å². The topological polar surface area (TPSA) is 67.7 Å². The molecule has 6 heteroatoms. The molecule has 0 bridgehead atoms.